The van der Waals surface area contributed by atoms with Gasteiger partial charge in [0.2, 0.25) is 21.8 Å². The number of benzene rings is 2. The fourth-order valence-electron chi connectivity index (χ4n) is 2.93. The molecule has 0 spiro atoms. The van der Waals surface area contributed by atoms with Gasteiger partial charge >= 0.3 is 0 Å². The molecule has 2 N–H and O–H groups in total. The normalized spacial score (nSPS) is 11.4. The van der Waals surface area contributed by atoms with Crippen molar-refractivity contribution in [2.45, 2.75) is 32.6 Å². The van der Waals surface area contributed by atoms with Crippen molar-refractivity contribution in [2.24, 2.45) is 0 Å². The second-order valence-electron chi connectivity index (χ2n) is 7.02. The Kier molecular flexibility index (Phi) is 9.09. The van der Waals surface area contributed by atoms with E-state index in [9.17, 15) is 18.0 Å². The molecule has 0 atom stereocenters. The Bertz CT molecular complexity index is 1020. The van der Waals surface area contributed by atoms with Crippen molar-refractivity contribution < 1.29 is 18.0 Å². The number of amides is 2. The van der Waals surface area contributed by atoms with Crippen molar-refractivity contribution in [2.75, 3.05) is 35.2 Å². The Morgan fingerprint density at radius 2 is 1.39 bits per heavy atom. The van der Waals surface area contributed by atoms with Crippen LogP contribution in [0.1, 0.15) is 25.0 Å². The zero-order valence-electron chi connectivity index (χ0n) is 18.3. The average molecular weight is 464 g/mol. The molecular weight excluding hydrogens is 434 g/mol. The molecule has 9 heteroatoms. The molecule has 0 radical (unpaired) electrons. The van der Waals surface area contributed by atoms with Gasteiger partial charge in [0.05, 0.1) is 16.4 Å². The maximum atomic E-state index is 12.8. The first-order valence-electron chi connectivity index (χ1n) is 10.0. The van der Waals surface area contributed by atoms with E-state index in [1.165, 1.54) is 22.1 Å². The zero-order valence-corrected chi connectivity index (χ0v) is 19.9. The lowest BCUT2D eigenvalue weighted by molar-refractivity contribution is -0.114. The molecule has 0 aromatic heterocycles. The van der Waals surface area contributed by atoms with E-state index in [0.717, 1.165) is 5.56 Å². The summed E-state index contributed by atoms with van der Waals surface area (Å²) in [5.74, 6) is -0.280. The highest BCUT2D eigenvalue weighted by Crippen LogP contribution is 2.24. The number of carbonyl (C=O) groups excluding carboxylic acids is 2. The quantitative estimate of drug-likeness (QED) is 0.561. The summed E-state index contributed by atoms with van der Waals surface area (Å²) in [6.45, 7) is 8.01. The van der Waals surface area contributed by atoms with Crippen LogP contribution >= 0.6 is 11.8 Å². The summed E-state index contributed by atoms with van der Waals surface area (Å²) in [4.78, 5) is 24.5. The van der Waals surface area contributed by atoms with E-state index in [1.54, 1.807) is 32.9 Å². The Hall–Kier alpha value is -2.36. The lowest BCUT2D eigenvalue weighted by atomic mass is 10.2. The van der Waals surface area contributed by atoms with E-state index in [1.807, 2.05) is 31.2 Å². The number of sulfonamides is 1. The molecular formula is C22H29N3O4S2. The van der Waals surface area contributed by atoms with Gasteiger partial charge < -0.3 is 10.6 Å². The monoisotopic (exact) mass is 463 g/mol. The first-order valence-corrected chi connectivity index (χ1v) is 12.6. The molecule has 2 rings (SSSR count). The maximum absolute atomic E-state index is 12.8. The van der Waals surface area contributed by atoms with Gasteiger partial charge in [-0.3, -0.25) is 9.59 Å². The first-order chi connectivity index (χ1) is 14.7. The molecule has 0 fully saturated rings. The van der Waals surface area contributed by atoms with E-state index in [-0.39, 0.29) is 28.2 Å². The lowest BCUT2D eigenvalue weighted by Crippen LogP contribution is -2.31. The van der Waals surface area contributed by atoms with Crippen LogP contribution in [-0.4, -0.2) is 49.1 Å². The van der Waals surface area contributed by atoms with Gasteiger partial charge in [0.15, 0.2) is 0 Å². The van der Waals surface area contributed by atoms with Gasteiger partial charge in [-0.2, -0.15) is 4.31 Å². The van der Waals surface area contributed by atoms with Crippen LogP contribution in [0, 0.1) is 13.8 Å². The van der Waals surface area contributed by atoms with Crippen LogP contribution in [-0.2, 0) is 19.6 Å². The van der Waals surface area contributed by atoms with Crippen molar-refractivity contribution in [1.29, 1.82) is 0 Å². The molecule has 31 heavy (non-hydrogen) atoms. The highest BCUT2D eigenvalue weighted by atomic mass is 32.2. The van der Waals surface area contributed by atoms with Gasteiger partial charge in [-0.15, -0.1) is 11.8 Å². The van der Waals surface area contributed by atoms with Gasteiger partial charge in [0.1, 0.15) is 0 Å². The number of hydrogen-bond donors (Lipinski definition) is 2. The third-order valence-corrected chi connectivity index (χ3v) is 7.72. The summed E-state index contributed by atoms with van der Waals surface area (Å²) in [5, 5.41) is 5.49. The van der Waals surface area contributed by atoms with Crippen molar-refractivity contribution >= 4 is 45.0 Å². The van der Waals surface area contributed by atoms with E-state index in [2.05, 4.69) is 10.6 Å². The molecule has 2 aromatic rings. The number of thioether (sulfide) groups is 1. The Labute approximate surface area is 188 Å². The van der Waals surface area contributed by atoms with Crippen molar-refractivity contribution in [3.05, 3.63) is 53.6 Å². The molecule has 0 bridgehead atoms. The number of anilines is 2. The molecule has 0 saturated carbocycles. The SMILES string of the molecule is CCN(CC)S(=O)(=O)c1cc(NC(=O)CSCC(=O)Nc2ccc(C)cc2)ccc1C. The third kappa shape index (κ3) is 7.09. The molecule has 0 aliphatic carbocycles. The van der Waals surface area contributed by atoms with Crippen LogP contribution in [0.4, 0.5) is 11.4 Å². The van der Waals surface area contributed by atoms with E-state index >= 15 is 0 Å². The lowest BCUT2D eigenvalue weighted by Gasteiger charge is -2.20. The molecule has 168 valence electrons. The van der Waals surface area contributed by atoms with Crippen molar-refractivity contribution in [3.8, 4) is 0 Å². The number of carbonyl (C=O) groups is 2. The number of nitrogens with one attached hydrogen (secondary N) is 2. The summed E-state index contributed by atoms with van der Waals surface area (Å²) in [6, 6.07) is 12.3. The van der Waals surface area contributed by atoms with Gasteiger partial charge in [-0.05, 0) is 43.7 Å². The van der Waals surface area contributed by atoms with Crippen LogP contribution in [0.15, 0.2) is 47.4 Å². The smallest absolute Gasteiger partial charge is 0.243 e. The maximum Gasteiger partial charge on any atom is 0.243 e. The topological polar surface area (TPSA) is 95.6 Å². The van der Waals surface area contributed by atoms with Crippen molar-refractivity contribution in [1.82, 2.24) is 4.31 Å². The molecule has 7 nitrogen and oxygen atoms in total. The Morgan fingerprint density at radius 1 is 0.871 bits per heavy atom. The van der Waals surface area contributed by atoms with Crippen LogP contribution in [0.25, 0.3) is 0 Å². The number of rotatable bonds is 10. The zero-order chi connectivity index (χ0) is 23.0. The molecule has 0 aliphatic rings. The fraction of sp³-hybridized carbons (Fsp3) is 0.364. The minimum atomic E-state index is -3.63. The summed E-state index contributed by atoms with van der Waals surface area (Å²) in [5.41, 5.74) is 2.84. The molecule has 0 aliphatic heterocycles. The molecule has 0 heterocycles. The second kappa shape index (κ2) is 11.3. The highest BCUT2D eigenvalue weighted by molar-refractivity contribution is 8.00. The van der Waals surface area contributed by atoms with Gasteiger partial charge in [-0.1, -0.05) is 37.6 Å². The van der Waals surface area contributed by atoms with E-state index < -0.39 is 10.0 Å². The summed E-state index contributed by atoms with van der Waals surface area (Å²) < 4.78 is 27.0. The summed E-state index contributed by atoms with van der Waals surface area (Å²) in [6.07, 6.45) is 0. The molecule has 2 aromatic carbocycles. The first kappa shape index (κ1) is 24.9. The highest BCUT2D eigenvalue weighted by Gasteiger charge is 2.24. The predicted molar refractivity (Wildman–Crippen MR) is 127 cm³/mol. The second-order valence-corrected chi connectivity index (χ2v) is 9.92. The Morgan fingerprint density at radius 3 is 1.94 bits per heavy atom. The van der Waals surface area contributed by atoms with Gasteiger partial charge in [0.25, 0.3) is 0 Å². The third-order valence-electron chi connectivity index (χ3n) is 4.60. The number of aryl methyl sites for hydroxylation is 2. The van der Waals surface area contributed by atoms with E-state index in [4.69, 9.17) is 0 Å². The van der Waals surface area contributed by atoms with E-state index in [0.29, 0.717) is 30.0 Å². The Balaban J connectivity index is 1.92. The van der Waals surface area contributed by atoms with Crippen LogP contribution in [0.2, 0.25) is 0 Å². The number of nitrogens with zero attached hydrogens (tertiary/aromatic N) is 1. The van der Waals surface area contributed by atoms with Crippen LogP contribution in [0.3, 0.4) is 0 Å². The van der Waals surface area contributed by atoms with Crippen molar-refractivity contribution in [3.63, 3.8) is 0 Å². The molecule has 0 unspecified atom stereocenters. The molecule has 0 saturated heterocycles. The summed E-state index contributed by atoms with van der Waals surface area (Å²) in [7, 11) is -3.63. The molecule has 2 amide bonds. The minimum absolute atomic E-state index is 0.0767. The number of hydrogen-bond acceptors (Lipinski definition) is 5. The van der Waals surface area contributed by atoms with Crippen LogP contribution in [0.5, 0.6) is 0 Å². The standard InChI is InChI=1S/C22H29N3O4S2/c1-5-25(6-2)31(28,29)20-13-19(12-9-17(20)4)24-22(27)15-30-14-21(26)23-18-10-7-16(3)8-11-18/h7-13H,5-6,14-15H2,1-4H3,(H,23,26)(H,24,27). The average Bonchev–Trinajstić information content (AvgIpc) is 2.71. The predicted octanol–water partition coefficient (Wildman–Crippen LogP) is 3.64. The summed E-state index contributed by atoms with van der Waals surface area (Å²) >= 11 is 1.19. The minimum Gasteiger partial charge on any atom is -0.325 e. The van der Waals surface area contributed by atoms with Gasteiger partial charge in [-0.25, -0.2) is 8.42 Å². The van der Waals surface area contributed by atoms with Crippen LogP contribution < -0.4 is 10.6 Å². The largest absolute Gasteiger partial charge is 0.325 e. The fourth-order valence-corrected chi connectivity index (χ4v) is 5.25. The van der Waals surface area contributed by atoms with Gasteiger partial charge in [0, 0.05) is 24.5 Å².